The number of benzene rings is 1. The number of unbranched alkanes of at least 4 members (excludes halogenated alkanes) is 5. The van der Waals surface area contributed by atoms with Crippen LogP contribution < -0.4 is 10.6 Å². The van der Waals surface area contributed by atoms with Crippen LogP contribution in [0.1, 0.15) is 111 Å². The third-order valence-corrected chi connectivity index (χ3v) is 6.46. The Hall–Kier alpha value is -3.30. The van der Waals surface area contributed by atoms with Gasteiger partial charge < -0.3 is 30.1 Å². The molecule has 238 valence electrons. The number of para-hydroxylation sites is 1. The molecule has 0 spiro atoms. The van der Waals surface area contributed by atoms with Gasteiger partial charge in [0.2, 0.25) is 11.8 Å². The van der Waals surface area contributed by atoms with Crippen LogP contribution in [0.3, 0.4) is 0 Å². The first kappa shape index (κ1) is 36.7. The summed E-state index contributed by atoms with van der Waals surface area (Å²) in [5.74, 6) is -1.52. The summed E-state index contributed by atoms with van der Waals surface area (Å²) in [6, 6.07) is 4.25. The zero-order valence-electron chi connectivity index (χ0n) is 26.7. The van der Waals surface area contributed by atoms with Gasteiger partial charge in [0, 0.05) is 18.7 Å². The maximum Gasteiger partial charge on any atom is 0.408 e. The molecule has 0 heterocycles. The third-order valence-electron chi connectivity index (χ3n) is 6.46. The zero-order valence-corrected chi connectivity index (χ0v) is 26.7. The van der Waals surface area contributed by atoms with E-state index in [0.29, 0.717) is 12.8 Å². The molecule has 0 saturated carbocycles. The topological polar surface area (TPSA) is 134 Å². The molecule has 0 radical (unpaired) electrons. The van der Waals surface area contributed by atoms with Crippen LogP contribution in [0.5, 0.6) is 5.75 Å². The average Bonchev–Trinajstić information content (AvgIpc) is 2.88. The largest absolute Gasteiger partial charge is 0.508 e. The van der Waals surface area contributed by atoms with Crippen molar-refractivity contribution in [2.45, 2.75) is 118 Å². The smallest absolute Gasteiger partial charge is 0.408 e. The van der Waals surface area contributed by atoms with Gasteiger partial charge in [-0.25, -0.2) is 4.79 Å². The Morgan fingerprint density at radius 1 is 0.976 bits per heavy atom. The number of hydrogen-bond donors (Lipinski definition) is 3. The molecule has 10 heteroatoms. The molecular weight excluding hydrogens is 538 g/mol. The number of hydrogen-bond acceptors (Lipinski definition) is 7. The molecular formula is C32H53N3O7. The van der Waals surface area contributed by atoms with E-state index >= 15 is 0 Å². The van der Waals surface area contributed by atoms with E-state index in [2.05, 4.69) is 17.6 Å². The summed E-state index contributed by atoms with van der Waals surface area (Å²) < 4.78 is 10.4. The van der Waals surface area contributed by atoms with Crippen molar-refractivity contribution >= 4 is 23.9 Å². The second kappa shape index (κ2) is 19.0. The fraction of sp³-hybridized carbons (Fsp3) is 0.688. The van der Waals surface area contributed by atoms with E-state index in [1.165, 1.54) is 11.0 Å². The molecule has 2 atom stereocenters. The minimum absolute atomic E-state index is 0.00634. The highest BCUT2D eigenvalue weighted by atomic mass is 16.6. The van der Waals surface area contributed by atoms with Gasteiger partial charge in [0.25, 0.3) is 0 Å². The average molecular weight is 592 g/mol. The number of ether oxygens (including phenoxy) is 2. The number of nitrogens with one attached hydrogen (secondary N) is 2. The van der Waals surface area contributed by atoms with Crippen LogP contribution in [0.25, 0.3) is 0 Å². The molecule has 2 unspecified atom stereocenters. The van der Waals surface area contributed by atoms with E-state index in [0.717, 1.165) is 32.1 Å². The molecule has 1 aromatic rings. The number of rotatable bonds is 18. The van der Waals surface area contributed by atoms with Crippen molar-refractivity contribution in [2.24, 2.45) is 5.92 Å². The number of esters is 1. The van der Waals surface area contributed by atoms with Gasteiger partial charge in [-0.3, -0.25) is 14.4 Å². The van der Waals surface area contributed by atoms with E-state index in [1.54, 1.807) is 45.9 Å². The molecule has 10 nitrogen and oxygen atoms in total. The quantitative estimate of drug-likeness (QED) is 0.149. The van der Waals surface area contributed by atoms with Gasteiger partial charge in [0.05, 0.1) is 13.0 Å². The van der Waals surface area contributed by atoms with E-state index in [1.807, 2.05) is 13.8 Å². The van der Waals surface area contributed by atoms with Crippen LogP contribution in [0.2, 0.25) is 0 Å². The minimum atomic E-state index is -1.19. The Kier molecular flexibility index (Phi) is 16.6. The molecule has 1 aromatic carbocycles. The lowest BCUT2D eigenvalue weighted by atomic mass is 9.98. The summed E-state index contributed by atoms with van der Waals surface area (Å²) in [5, 5.41) is 16.3. The Bertz CT molecular complexity index is 991. The highest BCUT2D eigenvalue weighted by Gasteiger charge is 2.37. The van der Waals surface area contributed by atoms with Gasteiger partial charge in [0.15, 0.2) is 0 Å². The summed E-state index contributed by atoms with van der Waals surface area (Å²) in [4.78, 5) is 54.1. The highest BCUT2D eigenvalue weighted by molar-refractivity contribution is 5.92. The molecule has 0 aromatic heterocycles. The number of carbonyl (C=O) groups excluding carboxylic acids is 4. The lowest BCUT2D eigenvalue weighted by Gasteiger charge is -2.35. The second-order valence-electron chi connectivity index (χ2n) is 11.9. The van der Waals surface area contributed by atoms with E-state index in [-0.39, 0.29) is 43.3 Å². The number of carbonyl (C=O) groups is 4. The fourth-order valence-corrected chi connectivity index (χ4v) is 4.56. The molecule has 0 aliphatic rings. The Morgan fingerprint density at radius 2 is 1.62 bits per heavy atom. The zero-order chi connectivity index (χ0) is 31.7. The molecule has 0 bridgehead atoms. The monoisotopic (exact) mass is 591 g/mol. The lowest BCUT2D eigenvalue weighted by Crippen LogP contribution is -2.53. The Balaban J connectivity index is 3.43. The molecule has 3 N–H and O–H groups in total. The maximum atomic E-state index is 14.3. The van der Waals surface area contributed by atoms with Gasteiger partial charge in [-0.2, -0.15) is 0 Å². The summed E-state index contributed by atoms with van der Waals surface area (Å²) >= 11 is 0. The molecule has 0 saturated heterocycles. The molecule has 0 aliphatic heterocycles. The first-order valence-corrected chi connectivity index (χ1v) is 15.3. The van der Waals surface area contributed by atoms with Crippen molar-refractivity contribution in [3.63, 3.8) is 0 Å². The van der Waals surface area contributed by atoms with Gasteiger partial charge in [-0.15, -0.1) is 0 Å². The van der Waals surface area contributed by atoms with Gasteiger partial charge in [-0.1, -0.05) is 71.1 Å². The predicted molar refractivity (Wildman–Crippen MR) is 163 cm³/mol. The molecule has 0 aliphatic carbocycles. The molecule has 42 heavy (non-hydrogen) atoms. The standard InChI is InChI=1S/C32H53N3O7/c1-8-10-11-12-13-16-21-35(30(39)25(22-23(3)4)34-31(40)42-32(5,6)7)28(24-17-14-15-18-26(24)36)29(38)33-20-19-27(37)41-9-2/h14-15,17-18,23,25,28,36H,8-13,16,19-22H2,1-7H3,(H,33,38)(H,34,40). The molecule has 3 amide bonds. The second-order valence-corrected chi connectivity index (χ2v) is 11.9. The first-order valence-electron chi connectivity index (χ1n) is 15.3. The lowest BCUT2D eigenvalue weighted by molar-refractivity contribution is -0.144. The first-order chi connectivity index (χ1) is 19.8. The van der Waals surface area contributed by atoms with Crippen molar-refractivity contribution in [3.05, 3.63) is 29.8 Å². The fourth-order valence-electron chi connectivity index (χ4n) is 4.56. The van der Waals surface area contributed by atoms with Crippen LogP contribution in [0.4, 0.5) is 4.79 Å². The number of phenols is 1. The summed E-state index contributed by atoms with van der Waals surface area (Å²) in [5.41, 5.74) is -0.503. The van der Waals surface area contributed by atoms with Gasteiger partial charge in [0.1, 0.15) is 23.4 Å². The molecule has 0 fully saturated rings. The Morgan fingerprint density at radius 3 is 2.21 bits per heavy atom. The van der Waals surface area contributed by atoms with Crippen molar-refractivity contribution < 1.29 is 33.8 Å². The van der Waals surface area contributed by atoms with E-state index in [4.69, 9.17) is 9.47 Å². The summed E-state index contributed by atoms with van der Waals surface area (Å²) in [7, 11) is 0. The number of alkyl carbamates (subject to hydrolysis) is 1. The van der Waals surface area contributed by atoms with Gasteiger partial charge in [-0.05, 0) is 52.5 Å². The Labute approximate surface area is 251 Å². The molecule has 1 rings (SSSR count). The third kappa shape index (κ3) is 14.0. The summed E-state index contributed by atoms with van der Waals surface area (Å²) in [6.45, 7) is 13.4. The summed E-state index contributed by atoms with van der Waals surface area (Å²) in [6.07, 6.45) is 5.37. The van der Waals surface area contributed by atoms with Crippen LogP contribution in [-0.2, 0) is 23.9 Å². The van der Waals surface area contributed by atoms with Crippen molar-refractivity contribution in [1.82, 2.24) is 15.5 Å². The van der Waals surface area contributed by atoms with Crippen LogP contribution in [0.15, 0.2) is 24.3 Å². The number of aromatic hydroxyl groups is 1. The van der Waals surface area contributed by atoms with E-state index in [9.17, 15) is 24.3 Å². The number of amides is 3. The van der Waals surface area contributed by atoms with Crippen molar-refractivity contribution in [1.29, 1.82) is 0 Å². The predicted octanol–water partition coefficient (Wildman–Crippen LogP) is 5.63. The minimum Gasteiger partial charge on any atom is -0.508 e. The normalized spacial score (nSPS) is 12.8. The van der Waals surface area contributed by atoms with Gasteiger partial charge >= 0.3 is 12.1 Å². The van der Waals surface area contributed by atoms with Crippen LogP contribution in [0, 0.1) is 5.92 Å². The number of phenolic OH excluding ortho intramolecular Hbond substituents is 1. The highest BCUT2D eigenvalue weighted by Crippen LogP contribution is 2.30. The van der Waals surface area contributed by atoms with Crippen molar-refractivity contribution in [3.8, 4) is 5.75 Å². The SMILES string of the molecule is CCCCCCCCN(C(=O)C(CC(C)C)NC(=O)OC(C)(C)C)C(C(=O)NCCC(=O)OCC)c1ccccc1O. The maximum absolute atomic E-state index is 14.3. The van der Waals surface area contributed by atoms with Crippen molar-refractivity contribution in [2.75, 3.05) is 19.7 Å². The van der Waals surface area contributed by atoms with Crippen LogP contribution >= 0.6 is 0 Å². The number of nitrogens with zero attached hydrogens (tertiary/aromatic N) is 1. The van der Waals surface area contributed by atoms with E-state index < -0.39 is 41.6 Å². The van der Waals surface area contributed by atoms with Crippen LogP contribution in [-0.4, -0.2) is 65.2 Å².